The van der Waals surface area contributed by atoms with E-state index in [0.717, 1.165) is 24.1 Å². The molecule has 2 aromatic rings. The molecule has 0 atom stereocenters. The van der Waals surface area contributed by atoms with E-state index in [-0.39, 0.29) is 17.4 Å². The maximum absolute atomic E-state index is 13.2. The van der Waals surface area contributed by atoms with E-state index in [1.165, 1.54) is 10.4 Å². The van der Waals surface area contributed by atoms with Gasteiger partial charge in [-0.2, -0.15) is 0 Å². The van der Waals surface area contributed by atoms with Crippen LogP contribution in [0.15, 0.2) is 47.4 Å². The Morgan fingerprint density at radius 3 is 2.23 bits per heavy atom. The summed E-state index contributed by atoms with van der Waals surface area (Å²) in [5.74, 6) is -1.80. The first-order valence-electron chi connectivity index (χ1n) is 8.34. The standard InChI is InChI=1S/C19H23NO5S/c1-4-14-5-7-15(8-6-14)20(12-13(2)3)26(24,25)16-9-10-18(21)17(11-16)19(22)23/h5-11,13,21H,4,12H2,1-3H3,(H,22,23). The SMILES string of the molecule is CCc1ccc(N(CC(C)C)S(=O)(=O)c2ccc(O)c(C(=O)O)c2)cc1. The van der Waals surface area contributed by atoms with Gasteiger partial charge in [-0.15, -0.1) is 0 Å². The third-order valence-electron chi connectivity index (χ3n) is 3.95. The Hall–Kier alpha value is -2.54. The van der Waals surface area contributed by atoms with Gasteiger partial charge in [-0.05, 0) is 48.2 Å². The van der Waals surface area contributed by atoms with Gasteiger partial charge in [0.1, 0.15) is 11.3 Å². The molecule has 0 amide bonds. The molecule has 0 aromatic heterocycles. The molecule has 0 radical (unpaired) electrons. The molecule has 0 aliphatic carbocycles. The highest BCUT2D eigenvalue weighted by Crippen LogP contribution is 2.28. The van der Waals surface area contributed by atoms with E-state index in [1.54, 1.807) is 12.1 Å². The van der Waals surface area contributed by atoms with Crippen LogP contribution in [0, 0.1) is 5.92 Å². The fraction of sp³-hybridized carbons (Fsp3) is 0.316. The molecule has 0 fully saturated rings. The average Bonchev–Trinajstić information content (AvgIpc) is 2.59. The molecule has 0 aliphatic rings. The minimum absolute atomic E-state index is 0.0617. The highest BCUT2D eigenvalue weighted by atomic mass is 32.2. The highest BCUT2D eigenvalue weighted by Gasteiger charge is 2.27. The summed E-state index contributed by atoms with van der Waals surface area (Å²) in [6, 6.07) is 10.5. The second kappa shape index (κ2) is 7.78. The zero-order valence-electron chi connectivity index (χ0n) is 15.0. The van der Waals surface area contributed by atoms with Gasteiger partial charge >= 0.3 is 5.97 Å². The van der Waals surface area contributed by atoms with Gasteiger partial charge in [0.05, 0.1) is 10.6 Å². The third kappa shape index (κ3) is 4.16. The van der Waals surface area contributed by atoms with Crippen molar-refractivity contribution in [1.29, 1.82) is 0 Å². The summed E-state index contributed by atoms with van der Waals surface area (Å²) < 4.78 is 27.6. The molecule has 0 heterocycles. The fourth-order valence-corrected chi connectivity index (χ4v) is 4.20. The lowest BCUT2D eigenvalue weighted by Gasteiger charge is -2.26. The maximum atomic E-state index is 13.2. The van der Waals surface area contributed by atoms with Crippen LogP contribution in [0.3, 0.4) is 0 Å². The first kappa shape index (κ1) is 19.8. The van der Waals surface area contributed by atoms with E-state index in [0.29, 0.717) is 5.69 Å². The molecule has 0 aliphatic heterocycles. The lowest BCUT2D eigenvalue weighted by atomic mass is 10.1. The molecule has 6 nitrogen and oxygen atoms in total. The average molecular weight is 377 g/mol. The van der Waals surface area contributed by atoms with Gasteiger partial charge in [-0.25, -0.2) is 13.2 Å². The van der Waals surface area contributed by atoms with Crippen LogP contribution in [0.1, 0.15) is 36.7 Å². The number of aryl methyl sites for hydroxylation is 1. The first-order valence-corrected chi connectivity index (χ1v) is 9.78. The van der Waals surface area contributed by atoms with E-state index in [4.69, 9.17) is 5.11 Å². The monoisotopic (exact) mass is 377 g/mol. The van der Waals surface area contributed by atoms with Crippen molar-refractivity contribution in [2.24, 2.45) is 5.92 Å². The second-order valence-electron chi connectivity index (χ2n) is 6.43. The van der Waals surface area contributed by atoms with Crippen LogP contribution in [0.25, 0.3) is 0 Å². The number of benzene rings is 2. The normalized spacial score (nSPS) is 11.5. The molecule has 0 spiro atoms. The first-order chi connectivity index (χ1) is 12.2. The summed E-state index contributed by atoms with van der Waals surface area (Å²) >= 11 is 0. The number of hydrogen-bond donors (Lipinski definition) is 2. The van der Waals surface area contributed by atoms with Crippen molar-refractivity contribution in [2.75, 3.05) is 10.8 Å². The molecule has 26 heavy (non-hydrogen) atoms. The van der Waals surface area contributed by atoms with Crippen molar-refractivity contribution in [3.63, 3.8) is 0 Å². The number of carboxylic acid groups (broad SMARTS) is 1. The minimum Gasteiger partial charge on any atom is -0.507 e. The summed E-state index contributed by atoms with van der Waals surface area (Å²) in [5.41, 5.74) is 1.16. The smallest absolute Gasteiger partial charge is 0.339 e. The number of phenols is 1. The fourth-order valence-electron chi connectivity index (χ4n) is 2.55. The number of carboxylic acids is 1. The summed E-state index contributed by atoms with van der Waals surface area (Å²) in [7, 11) is -3.98. The summed E-state index contributed by atoms with van der Waals surface area (Å²) in [6.45, 7) is 6.07. The van der Waals surface area contributed by atoms with E-state index < -0.39 is 27.3 Å². The van der Waals surface area contributed by atoms with Crippen LogP contribution in [0.4, 0.5) is 5.69 Å². The van der Waals surface area contributed by atoms with Crippen molar-refractivity contribution in [1.82, 2.24) is 0 Å². The van der Waals surface area contributed by atoms with Crippen LogP contribution in [0.5, 0.6) is 5.75 Å². The Labute approximate surface area is 153 Å². The van der Waals surface area contributed by atoms with Crippen LogP contribution < -0.4 is 4.31 Å². The molecule has 0 bridgehead atoms. The van der Waals surface area contributed by atoms with Gasteiger partial charge in [0.15, 0.2) is 0 Å². The highest BCUT2D eigenvalue weighted by molar-refractivity contribution is 7.92. The quantitative estimate of drug-likeness (QED) is 0.770. The molecule has 0 saturated heterocycles. The predicted octanol–water partition coefficient (Wildman–Crippen LogP) is 3.50. The maximum Gasteiger partial charge on any atom is 0.339 e. The summed E-state index contributed by atoms with van der Waals surface area (Å²) in [5, 5.41) is 18.8. The van der Waals surface area contributed by atoms with Crippen LogP contribution in [0.2, 0.25) is 0 Å². The van der Waals surface area contributed by atoms with Crippen molar-refractivity contribution >= 4 is 21.7 Å². The van der Waals surface area contributed by atoms with Crippen molar-refractivity contribution in [3.8, 4) is 5.75 Å². The predicted molar refractivity (Wildman–Crippen MR) is 100 cm³/mol. The van der Waals surface area contributed by atoms with Crippen LogP contribution in [-0.2, 0) is 16.4 Å². The number of carbonyl (C=O) groups is 1. The van der Waals surface area contributed by atoms with Gasteiger partial charge < -0.3 is 10.2 Å². The summed E-state index contributed by atoms with van der Waals surface area (Å²) in [6.07, 6.45) is 0.844. The minimum atomic E-state index is -3.98. The van der Waals surface area contributed by atoms with E-state index in [9.17, 15) is 18.3 Å². The lowest BCUT2D eigenvalue weighted by molar-refractivity contribution is 0.0693. The number of hydrogen-bond acceptors (Lipinski definition) is 4. The molecular weight excluding hydrogens is 354 g/mol. The zero-order chi connectivity index (χ0) is 19.5. The Kier molecular flexibility index (Phi) is 5.92. The molecule has 2 aromatic carbocycles. The van der Waals surface area contributed by atoms with E-state index in [2.05, 4.69) is 0 Å². The third-order valence-corrected chi connectivity index (χ3v) is 5.74. The second-order valence-corrected chi connectivity index (χ2v) is 8.30. The van der Waals surface area contributed by atoms with E-state index in [1.807, 2.05) is 32.9 Å². The van der Waals surface area contributed by atoms with Gasteiger partial charge in [0.2, 0.25) is 0 Å². The van der Waals surface area contributed by atoms with Crippen molar-refractivity contribution in [3.05, 3.63) is 53.6 Å². The summed E-state index contributed by atoms with van der Waals surface area (Å²) in [4.78, 5) is 11.0. The lowest BCUT2D eigenvalue weighted by Crippen LogP contribution is -2.34. The number of aromatic carboxylic acids is 1. The molecule has 0 unspecified atom stereocenters. The molecular formula is C19H23NO5S. The number of nitrogens with zero attached hydrogens (tertiary/aromatic N) is 1. The zero-order valence-corrected chi connectivity index (χ0v) is 15.8. The number of sulfonamides is 1. The van der Waals surface area contributed by atoms with Gasteiger partial charge in [-0.1, -0.05) is 32.9 Å². The number of rotatable bonds is 7. The molecule has 2 N–H and O–H groups in total. The molecule has 0 saturated carbocycles. The molecule has 140 valence electrons. The largest absolute Gasteiger partial charge is 0.507 e. The van der Waals surface area contributed by atoms with Gasteiger partial charge in [-0.3, -0.25) is 4.31 Å². The van der Waals surface area contributed by atoms with Crippen LogP contribution in [-0.4, -0.2) is 31.1 Å². The number of anilines is 1. The Morgan fingerprint density at radius 2 is 1.73 bits per heavy atom. The van der Waals surface area contributed by atoms with E-state index >= 15 is 0 Å². The van der Waals surface area contributed by atoms with Crippen LogP contribution >= 0.6 is 0 Å². The van der Waals surface area contributed by atoms with Crippen molar-refractivity contribution in [2.45, 2.75) is 32.1 Å². The van der Waals surface area contributed by atoms with Gasteiger partial charge in [0.25, 0.3) is 10.0 Å². The van der Waals surface area contributed by atoms with Crippen molar-refractivity contribution < 1.29 is 23.4 Å². The Bertz CT molecular complexity index is 889. The number of aromatic hydroxyl groups is 1. The molecule has 2 rings (SSSR count). The Morgan fingerprint density at radius 1 is 1.12 bits per heavy atom. The Balaban J connectivity index is 2.55. The molecule has 7 heteroatoms. The van der Waals surface area contributed by atoms with Gasteiger partial charge in [0, 0.05) is 6.54 Å². The topological polar surface area (TPSA) is 94.9 Å².